The zero-order chi connectivity index (χ0) is 15.9. The van der Waals surface area contributed by atoms with E-state index >= 15 is 0 Å². The Balaban J connectivity index is 1.84. The van der Waals surface area contributed by atoms with Gasteiger partial charge in [0.25, 0.3) is 0 Å². The number of hydrogen-bond acceptors (Lipinski definition) is 4. The first kappa shape index (κ1) is 15.4. The fraction of sp³-hybridized carbons (Fsp3) is 0.562. The lowest BCUT2D eigenvalue weighted by molar-refractivity contribution is -0.0703. The first-order chi connectivity index (χ1) is 10.5. The topological polar surface area (TPSA) is 38.8 Å². The average molecular weight is 311 g/mol. The second kappa shape index (κ2) is 5.93. The number of morpholine rings is 1. The van der Waals surface area contributed by atoms with Crippen molar-refractivity contribution >= 4 is 5.78 Å². The van der Waals surface area contributed by atoms with Crippen molar-refractivity contribution in [3.63, 3.8) is 0 Å². The van der Waals surface area contributed by atoms with E-state index < -0.39 is 11.6 Å². The second-order valence-electron chi connectivity index (χ2n) is 5.99. The molecule has 2 fully saturated rings. The predicted molar refractivity (Wildman–Crippen MR) is 76.1 cm³/mol. The minimum absolute atomic E-state index is 0.160. The summed E-state index contributed by atoms with van der Waals surface area (Å²) in [4.78, 5) is 14.8. The van der Waals surface area contributed by atoms with E-state index in [9.17, 15) is 13.6 Å². The van der Waals surface area contributed by atoms with Gasteiger partial charge in [-0.1, -0.05) is 0 Å². The molecule has 2 saturated heterocycles. The van der Waals surface area contributed by atoms with Crippen molar-refractivity contribution < 1.29 is 23.0 Å². The van der Waals surface area contributed by atoms with Crippen molar-refractivity contribution in [3.8, 4) is 5.75 Å². The summed E-state index contributed by atoms with van der Waals surface area (Å²) in [6.45, 7) is 1.16. The summed E-state index contributed by atoms with van der Waals surface area (Å²) in [5.74, 6) is -3.04. The molecule has 0 saturated carbocycles. The fourth-order valence-corrected chi connectivity index (χ4v) is 3.41. The van der Waals surface area contributed by atoms with Crippen molar-refractivity contribution in [2.75, 3.05) is 27.4 Å². The molecular weight excluding hydrogens is 292 g/mol. The molecule has 4 nitrogen and oxygen atoms in total. The highest BCUT2D eigenvalue weighted by molar-refractivity contribution is 5.98. The quantitative estimate of drug-likeness (QED) is 0.803. The summed E-state index contributed by atoms with van der Waals surface area (Å²) in [5, 5.41) is 0. The molecule has 0 aliphatic carbocycles. The molecule has 22 heavy (non-hydrogen) atoms. The van der Waals surface area contributed by atoms with Crippen molar-refractivity contribution in [1.29, 1.82) is 0 Å². The first-order valence-corrected chi connectivity index (χ1v) is 7.38. The third-order valence-corrected chi connectivity index (χ3v) is 4.79. The Morgan fingerprint density at radius 1 is 1.23 bits per heavy atom. The van der Waals surface area contributed by atoms with Crippen LogP contribution in [0.2, 0.25) is 0 Å². The van der Waals surface area contributed by atoms with Gasteiger partial charge in [0.05, 0.1) is 25.9 Å². The van der Waals surface area contributed by atoms with Crippen LogP contribution in [-0.2, 0) is 4.74 Å². The number of methoxy groups -OCH3 is 1. The highest BCUT2D eigenvalue weighted by Gasteiger charge is 2.40. The van der Waals surface area contributed by atoms with Crippen LogP contribution < -0.4 is 4.74 Å². The Bertz CT molecular complexity index is 579. The Kier molecular flexibility index (Phi) is 4.14. The van der Waals surface area contributed by atoms with Crippen LogP contribution >= 0.6 is 0 Å². The number of fused-ring (bicyclic) bond motifs is 2. The maximum atomic E-state index is 14.1. The van der Waals surface area contributed by atoms with E-state index in [1.54, 1.807) is 0 Å². The molecule has 0 aromatic heterocycles. The fourth-order valence-electron chi connectivity index (χ4n) is 3.41. The van der Waals surface area contributed by atoms with Gasteiger partial charge in [-0.15, -0.1) is 0 Å². The first-order valence-electron chi connectivity index (χ1n) is 7.38. The van der Waals surface area contributed by atoms with E-state index in [2.05, 4.69) is 4.90 Å². The zero-order valence-corrected chi connectivity index (χ0v) is 12.6. The predicted octanol–water partition coefficient (Wildman–Crippen LogP) is 2.27. The second-order valence-corrected chi connectivity index (χ2v) is 5.99. The van der Waals surface area contributed by atoms with Gasteiger partial charge in [0.15, 0.2) is 17.3 Å². The maximum absolute atomic E-state index is 14.1. The van der Waals surface area contributed by atoms with E-state index in [-0.39, 0.29) is 35.1 Å². The van der Waals surface area contributed by atoms with Gasteiger partial charge in [-0.3, -0.25) is 9.69 Å². The number of Topliss-reactive ketones (excluding diaryl/α,β-unsaturated/α-hetero) is 1. The summed E-state index contributed by atoms with van der Waals surface area (Å²) in [6, 6.07) is 2.93. The summed E-state index contributed by atoms with van der Waals surface area (Å²) < 4.78 is 38.2. The third-order valence-electron chi connectivity index (χ3n) is 4.79. The minimum Gasteiger partial charge on any atom is -0.494 e. The molecule has 0 amide bonds. The number of benzene rings is 1. The van der Waals surface area contributed by atoms with Crippen molar-refractivity contribution in [2.24, 2.45) is 5.92 Å². The van der Waals surface area contributed by atoms with Crippen LogP contribution in [0.25, 0.3) is 0 Å². The Morgan fingerprint density at radius 2 is 1.86 bits per heavy atom. The Labute approximate surface area is 128 Å². The van der Waals surface area contributed by atoms with Gasteiger partial charge in [0.1, 0.15) is 0 Å². The van der Waals surface area contributed by atoms with Crippen LogP contribution in [-0.4, -0.2) is 50.1 Å². The number of ether oxygens (including phenoxy) is 2. The molecule has 3 rings (SSSR count). The van der Waals surface area contributed by atoms with E-state index in [0.29, 0.717) is 26.1 Å². The van der Waals surface area contributed by atoms with Crippen molar-refractivity contribution in [2.45, 2.75) is 24.9 Å². The highest BCUT2D eigenvalue weighted by Crippen LogP contribution is 2.33. The standard InChI is InChI=1S/C16H19F2NO3/c1-19-10-5-9(6-11(19)8-22-7-10)16(20)12-3-4-13(21-2)15(18)14(12)17/h3-4,9-11H,5-8H2,1-2H3. The molecule has 6 heteroatoms. The summed E-state index contributed by atoms with van der Waals surface area (Å²) >= 11 is 0. The van der Waals surface area contributed by atoms with Gasteiger partial charge in [-0.25, -0.2) is 4.39 Å². The minimum atomic E-state index is -1.12. The molecule has 2 heterocycles. The van der Waals surface area contributed by atoms with Gasteiger partial charge < -0.3 is 9.47 Å². The number of hydrogen-bond donors (Lipinski definition) is 0. The lowest BCUT2D eigenvalue weighted by Crippen LogP contribution is -2.55. The molecule has 1 aromatic carbocycles. The largest absolute Gasteiger partial charge is 0.494 e. The summed E-state index contributed by atoms with van der Waals surface area (Å²) in [5.41, 5.74) is -0.188. The maximum Gasteiger partial charge on any atom is 0.201 e. The molecule has 2 bridgehead atoms. The number of carbonyl (C=O) groups is 1. The van der Waals surface area contributed by atoms with Crippen LogP contribution in [0.3, 0.4) is 0 Å². The molecule has 0 N–H and O–H groups in total. The molecular formula is C16H19F2NO3. The van der Waals surface area contributed by atoms with E-state index in [0.717, 1.165) is 0 Å². The molecule has 2 unspecified atom stereocenters. The lowest BCUT2D eigenvalue weighted by atomic mass is 9.81. The Morgan fingerprint density at radius 3 is 2.45 bits per heavy atom. The normalized spacial score (nSPS) is 28.5. The van der Waals surface area contributed by atoms with Crippen LogP contribution in [0.1, 0.15) is 23.2 Å². The number of likely N-dealkylation sites (N-methyl/N-ethyl adjacent to an activating group) is 1. The van der Waals surface area contributed by atoms with E-state index in [1.807, 2.05) is 7.05 Å². The molecule has 0 radical (unpaired) electrons. The average Bonchev–Trinajstić information content (AvgIpc) is 2.49. The van der Waals surface area contributed by atoms with Gasteiger partial charge >= 0.3 is 0 Å². The highest BCUT2D eigenvalue weighted by atomic mass is 19.2. The lowest BCUT2D eigenvalue weighted by Gasteiger charge is -2.46. The molecule has 2 atom stereocenters. The molecule has 0 spiro atoms. The number of ketones is 1. The van der Waals surface area contributed by atoms with Gasteiger partial charge in [-0.05, 0) is 32.0 Å². The number of rotatable bonds is 3. The molecule has 1 aromatic rings. The molecule has 2 aliphatic rings. The van der Waals surface area contributed by atoms with Crippen molar-refractivity contribution in [1.82, 2.24) is 4.90 Å². The Hall–Kier alpha value is -1.53. The number of halogens is 2. The monoisotopic (exact) mass is 311 g/mol. The molecule has 120 valence electrons. The SMILES string of the molecule is COc1ccc(C(=O)C2CC3COCC(C2)N3C)c(F)c1F. The van der Waals surface area contributed by atoms with Crippen LogP contribution in [0.4, 0.5) is 8.78 Å². The van der Waals surface area contributed by atoms with Crippen LogP contribution in [0.15, 0.2) is 12.1 Å². The van der Waals surface area contributed by atoms with E-state index in [1.165, 1.54) is 19.2 Å². The number of nitrogens with zero attached hydrogens (tertiary/aromatic N) is 1. The number of carbonyl (C=O) groups excluding carboxylic acids is 1. The van der Waals surface area contributed by atoms with Gasteiger partial charge in [0.2, 0.25) is 5.82 Å². The van der Waals surface area contributed by atoms with Gasteiger partial charge in [-0.2, -0.15) is 4.39 Å². The van der Waals surface area contributed by atoms with E-state index in [4.69, 9.17) is 9.47 Å². The van der Waals surface area contributed by atoms with Gasteiger partial charge in [0, 0.05) is 18.0 Å². The smallest absolute Gasteiger partial charge is 0.201 e. The summed E-state index contributed by atoms with van der Waals surface area (Å²) in [6.07, 6.45) is 1.22. The van der Waals surface area contributed by atoms with Crippen LogP contribution in [0, 0.1) is 17.6 Å². The van der Waals surface area contributed by atoms with Crippen molar-refractivity contribution in [3.05, 3.63) is 29.3 Å². The zero-order valence-electron chi connectivity index (χ0n) is 12.6. The summed E-state index contributed by atoms with van der Waals surface area (Å²) in [7, 11) is 3.28. The molecule has 2 aliphatic heterocycles. The van der Waals surface area contributed by atoms with Crippen LogP contribution in [0.5, 0.6) is 5.75 Å². The number of piperidine rings is 1. The third kappa shape index (κ3) is 2.50.